The minimum Gasteiger partial charge on any atom is -0.467 e. The van der Waals surface area contributed by atoms with E-state index in [1.54, 1.807) is 13.8 Å². The summed E-state index contributed by atoms with van der Waals surface area (Å²) in [7, 11) is 1.33. The molecule has 104 valence electrons. The van der Waals surface area contributed by atoms with Crippen LogP contribution in [0, 0.1) is 12.8 Å². The third-order valence-corrected chi connectivity index (χ3v) is 2.89. The number of methoxy groups -OCH3 is 1. The highest BCUT2D eigenvalue weighted by atomic mass is 16.5. The second-order valence-corrected chi connectivity index (χ2v) is 4.93. The van der Waals surface area contributed by atoms with Crippen LogP contribution in [-0.4, -0.2) is 25.0 Å². The minimum absolute atomic E-state index is 0.150. The first kappa shape index (κ1) is 15.2. The molecule has 1 aromatic rings. The summed E-state index contributed by atoms with van der Waals surface area (Å²) in [6.45, 7) is 5.58. The molecule has 4 heteroatoms. The van der Waals surface area contributed by atoms with Gasteiger partial charge in [0, 0.05) is 12.3 Å². The Hall–Kier alpha value is -1.84. The SMILES string of the molecule is COC(=O)[C@H](Cc1ccc(C)cc1)NC(=O)C(C)C. The molecule has 0 bridgehead atoms. The van der Waals surface area contributed by atoms with Crippen LogP contribution in [0.25, 0.3) is 0 Å². The number of benzene rings is 1. The second-order valence-electron chi connectivity index (χ2n) is 4.93. The van der Waals surface area contributed by atoms with Crippen LogP contribution in [0.1, 0.15) is 25.0 Å². The quantitative estimate of drug-likeness (QED) is 0.825. The standard InChI is InChI=1S/C15H21NO3/c1-10(2)14(17)16-13(15(18)19-4)9-12-7-5-11(3)6-8-12/h5-8,10,13H,9H2,1-4H3,(H,16,17)/t13-/m0/s1. The lowest BCUT2D eigenvalue weighted by Gasteiger charge is -2.18. The van der Waals surface area contributed by atoms with Crippen molar-refractivity contribution in [3.8, 4) is 0 Å². The number of hydrogen-bond donors (Lipinski definition) is 1. The van der Waals surface area contributed by atoms with Gasteiger partial charge in [-0.1, -0.05) is 43.7 Å². The van der Waals surface area contributed by atoms with Gasteiger partial charge in [0.1, 0.15) is 6.04 Å². The van der Waals surface area contributed by atoms with E-state index < -0.39 is 12.0 Å². The zero-order valence-electron chi connectivity index (χ0n) is 11.9. The van der Waals surface area contributed by atoms with Gasteiger partial charge in [-0.05, 0) is 12.5 Å². The average molecular weight is 263 g/mol. The van der Waals surface area contributed by atoms with Crippen LogP contribution in [-0.2, 0) is 20.7 Å². The number of esters is 1. The smallest absolute Gasteiger partial charge is 0.328 e. The van der Waals surface area contributed by atoms with E-state index in [4.69, 9.17) is 4.74 Å². The Balaban J connectivity index is 2.77. The van der Waals surface area contributed by atoms with Crippen molar-refractivity contribution in [2.75, 3.05) is 7.11 Å². The summed E-state index contributed by atoms with van der Waals surface area (Å²) < 4.78 is 4.74. The summed E-state index contributed by atoms with van der Waals surface area (Å²) in [5.74, 6) is -0.734. The summed E-state index contributed by atoms with van der Waals surface area (Å²) in [6.07, 6.45) is 0.436. The highest BCUT2D eigenvalue weighted by Crippen LogP contribution is 2.08. The number of amides is 1. The van der Waals surface area contributed by atoms with E-state index in [0.29, 0.717) is 6.42 Å². The molecule has 0 radical (unpaired) electrons. The molecule has 1 rings (SSSR count). The van der Waals surface area contributed by atoms with Gasteiger partial charge in [-0.25, -0.2) is 4.79 Å². The highest BCUT2D eigenvalue weighted by Gasteiger charge is 2.22. The monoisotopic (exact) mass is 263 g/mol. The lowest BCUT2D eigenvalue weighted by atomic mass is 10.0. The van der Waals surface area contributed by atoms with Crippen molar-refractivity contribution in [2.45, 2.75) is 33.2 Å². The van der Waals surface area contributed by atoms with Crippen molar-refractivity contribution in [2.24, 2.45) is 5.92 Å². The molecule has 0 aromatic heterocycles. The molecule has 1 amide bonds. The van der Waals surface area contributed by atoms with Gasteiger partial charge >= 0.3 is 5.97 Å². The summed E-state index contributed by atoms with van der Waals surface area (Å²) in [4.78, 5) is 23.4. The molecule has 0 unspecified atom stereocenters. The van der Waals surface area contributed by atoms with Gasteiger partial charge in [-0.2, -0.15) is 0 Å². The van der Waals surface area contributed by atoms with Crippen LogP contribution < -0.4 is 5.32 Å². The van der Waals surface area contributed by atoms with E-state index in [1.165, 1.54) is 7.11 Å². The van der Waals surface area contributed by atoms with Crippen LogP contribution in [0.15, 0.2) is 24.3 Å². The Morgan fingerprint density at radius 2 is 1.79 bits per heavy atom. The summed E-state index contributed by atoms with van der Waals surface area (Å²) in [5, 5.41) is 2.72. The van der Waals surface area contributed by atoms with Crippen molar-refractivity contribution < 1.29 is 14.3 Å². The van der Waals surface area contributed by atoms with Gasteiger partial charge < -0.3 is 10.1 Å². The molecule has 19 heavy (non-hydrogen) atoms. The maximum absolute atomic E-state index is 11.7. The molecule has 0 aliphatic carbocycles. The van der Waals surface area contributed by atoms with E-state index in [1.807, 2.05) is 31.2 Å². The van der Waals surface area contributed by atoms with E-state index >= 15 is 0 Å². The van der Waals surface area contributed by atoms with E-state index in [-0.39, 0.29) is 11.8 Å². The van der Waals surface area contributed by atoms with E-state index in [2.05, 4.69) is 5.32 Å². The van der Waals surface area contributed by atoms with Crippen molar-refractivity contribution in [1.82, 2.24) is 5.32 Å². The van der Waals surface area contributed by atoms with Crippen molar-refractivity contribution in [3.63, 3.8) is 0 Å². The molecule has 1 atom stereocenters. The Kier molecular flexibility index (Phi) is 5.55. The average Bonchev–Trinajstić information content (AvgIpc) is 2.39. The van der Waals surface area contributed by atoms with Crippen LogP contribution in [0.2, 0.25) is 0 Å². The fourth-order valence-corrected chi connectivity index (χ4v) is 1.63. The Morgan fingerprint density at radius 3 is 2.26 bits per heavy atom. The molecule has 4 nitrogen and oxygen atoms in total. The van der Waals surface area contributed by atoms with Gasteiger partial charge in [0.2, 0.25) is 5.91 Å². The molecule has 0 aliphatic rings. The van der Waals surface area contributed by atoms with Crippen LogP contribution in [0.3, 0.4) is 0 Å². The topological polar surface area (TPSA) is 55.4 Å². The molecule has 0 fully saturated rings. The zero-order valence-corrected chi connectivity index (χ0v) is 11.9. The third-order valence-electron chi connectivity index (χ3n) is 2.89. The first-order valence-electron chi connectivity index (χ1n) is 6.37. The van der Waals surface area contributed by atoms with Crippen molar-refractivity contribution in [3.05, 3.63) is 35.4 Å². The molecule has 0 aliphatic heterocycles. The Labute approximate surface area is 114 Å². The largest absolute Gasteiger partial charge is 0.467 e. The molecule has 0 heterocycles. The first-order valence-corrected chi connectivity index (χ1v) is 6.37. The number of ether oxygens (including phenoxy) is 1. The lowest BCUT2D eigenvalue weighted by molar-refractivity contribution is -0.145. The first-order chi connectivity index (χ1) is 8.93. The molecule has 1 N–H and O–H groups in total. The summed E-state index contributed by atoms with van der Waals surface area (Å²) in [6, 6.07) is 7.23. The van der Waals surface area contributed by atoms with Crippen molar-refractivity contribution in [1.29, 1.82) is 0 Å². The Bertz CT molecular complexity index is 437. The Morgan fingerprint density at radius 1 is 1.21 bits per heavy atom. The molecule has 0 saturated heterocycles. The van der Waals surface area contributed by atoms with E-state index in [0.717, 1.165) is 11.1 Å². The van der Waals surface area contributed by atoms with Crippen molar-refractivity contribution >= 4 is 11.9 Å². The molecule has 1 aromatic carbocycles. The van der Waals surface area contributed by atoms with Gasteiger partial charge in [0.25, 0.3) is 0 Å². The van der Waals surface area contributed by atoms with Gasteiger partial charge in [0.05, 0.1) is 7.11 Å². The summed E-state index contributed by atoms with van der Waals surface area (Å²) >= 11 is 0. The third kappa shape index (κ3) is 4.73. The van der Waals surface area contributed by atoms with E-state index in [9.17, 15) is 9.59 Å². The minimum atomic E-state index is -0.636. The highest BCUT2D eigenvalue weighted by molar-refractivity contribution is 5.85. The fourth-order valence-electron chi connectivity index (χ4n) is 1.63. The van der Waals surface area contributed by atoms with Gasteiger partial charge in [-0.3, -0.25) is 4.79 Å². The number of carbonyl (C=O) groups excluding carboxylic acids is 2. The number of hydrogen-bond acceptors (Lipinski definition) is 3. The lowest BCUT2D eigenvalue weighted by Crippen LogP contribution is -2.44. The zero-order chi connectivity index (χ0) is 14.4. The fraction of sp³-hybridized carbons (Fsp3) is 0.467. The van der Waals surface area contributed by atoms with Crippen LogP contribution >= 0.6 is 0 Å². The predicted molar refractivity (Wildman–Crippen MR) is 73.7 cm³/mol. The molecule has 0 saturated carbocycles. The molecule has 0 spiro atoms. The van der Waals surface area contributed by atoms with Crippen LogP contribution in [0.4, 0.5) is 0 Å². The maximum atomic E-state index is 11.7. The predicted octanol–water partition coefficient (Wildman–Crippen LogP) is 1.85. The number of nitrogens with one attached hydrogen (secondary N) is 1. The number of aryl methyl sites for hydroxylation is 1. The maximum Gasteiger partial charge on any atom is 0.328 e. The normalized spacial score (nSPS) is 12.1. The van der Waals surface area contributed by atoms with Gasteiger partial charge in [0.15, 0.2) is 0 Å². The number of carbonyl (C=O) groups is 2. The molecular weight excluding hydrogens is 242 g/mol. The van der Waals surface area contributed by atoms with Crippen LogP contribution in [0.5, 0.6) is 0 Å². The number of rotatable bonds is 5. The molecular formula is C15H21NO3. The van der Waals surface area contributed by atoms with Gasteiger partial charge in [-0.15, -0.1) is 0 Å². The summed E-state index contributed by atoms with van der Waals surface area (Å²) in [5.41, 5.74) is 2.15. The second kappa shape index (κ2) is 6.92.